The maximum Gasteiger partial charge on any atom is 0.242 e. The van der Waals surface area contributed by atoms with E-state index < -0.39 is 22.0 Å². The van der Waals surface area contributed by atoms with Gasteiger partial charge in [0.05, 0.1) is 4.90 Å². The second kappa shape index (κ2) is 9.71. The molecule has 0 spiro atoms. The van der Waals surface area contributed by atoms with Crippen molar-refractivity contribution in [2.75, 3.05) is 5.32 Å². The Balaban J connectivity index is 1.85. The van der Waals surface area contributed by atoms with Crippen molar-refractivity contribution in [2.45, 2.75) is 17.4 Å². The van der Waals surface area contributed by atoms with E-state index in [1.54, 1.807) is 36.4 Å². The lowest BCUT2D eigenvalue weighted by Gasteiger charge is -2.19. The van der Waals surface area contributed by atoms with E-state index in [0.29, 0.717) is 10.7 Å². The first-order chi connectivity index (χ1) is 13.8. The van der Waals surface area contributed by atoms with Crippen molar-refractivity contribution in [1.82, 2.24) is 4.72 Å². The Morgan fingerprint density at radius 1 is 0.966 bits per heavy atom. The van der Waals surface area contributed by atoms with E-state index in [1.165, 1.54) is 12.1 Å². The predicted octanol–water partition coefficient (Wildman–Crippen LogP) is 4.47. The zero-order valence-corrected chi connectivity index (χ0v) is 18.9. The average Bonchev–Trinajstić information content (AvgIpc) is 2.68. The van der Waals surface area contributed by atoms with Gasteiger partial charge in [0.15, 0.2) is 0 Å². The molecule has 1 amide bonds. The van der Waals surface area contributed by atoms with E-state index in [0.717, 1.165) is 9.13 Å². The summed E-state index contributed by atoms with van der Waals surface area (Å²) < 4.78 is 29.1. The summed E-state index contributed by atoms with van der Waals surface area (Å²) in [6.45, 7) is 0. The Labute approximate surface area is 188 Å². The van der Waals surface area contributed by atoms with Gasteiger partial charge in [-0.1, -0.05) is 48.0 Å². The Bertz CT molecular complexity index is 1090. The normalized spacial score (nSPS) is 12.3. The van der Waals surface area contributed by atoms with Crippen LogP contribution in [0.25, 0.3) is 0 Å². The van der Waals surface area contributed by atoms with Gasteiger partial charge in [-0.05, 0) is 77.0 Å². The van der Waals surface area contributed by atoms with E-state index in [2.05, 4.69) is 32.6 Å². The minimum absolute atomic E-state index is 0.103. The Kier molecular flexibility index (Phi) is 7.28. The van der Waals surface area contributed by atoms with Gasteiger partial charge in [0, 0.05) is 14.3 Å². The molecular weight excluding hydrogens is 523 g/mol. The number of nitrogens with one attached hydrogen (secondary N) is 2. The van der Waals surface area contributed by atoms with E-state index in [1.807, 2.05) is 30.3 Å². The van der Waals surface area contributed by atoms with Gasteiger partial charge in [-0.15, -0.1) is 0 Å². The Hall–Kier alpha value is -1.94. The topological polar surface area (TPSA) is 75.3 Å². The molecule has 0 aliphatic rings. The first-order valence-corrected chi connectivity index (χ1v) is 11.7. The molecule has 2 N–H and O–H groups in total. The molecule has 0 saturated heterocycles. The van der Waals surface area contributed by atoms with Gasteiger partial charge in [0.2, 0.25) is 15.9 Å². The molecule has 0 heterocycles. The van der Waals surface area contributed by atoms with Crippen molar-refractivity contribution in [1.29, 1.82) is 0 Å². The molecule has 3 rings (SSSR count). The fourth-order valence-electron chi connectivity index (χ4n) is 2.70. The van der Waals surface area contributed by atoms with Crippen LogP contribution in [0.3, 0.4) is 0 Å². The highest BCUT2D eigenvalue weighted by molar-refractivity contribution is 14.1. The molecule has 1 atom stereocenters. The number of amides is 1. The molecule has 0 fully saturated rings. The summed E-state index contributed by atoms with van der Waals surface area (Å²) in [5.41, 5.74) is 1.33. The molecule has 8 heteroatoms. The van der Waals surface area contributed by atoms with Gasteiger partial charge in [-0.3, -0.25) is 4.79 Å². The fourth-order valence-corrected chi connectivity index (χ4v) is 4.45. The van der Waals surface area contributed by atoms with Crippen molar-refractivity contribution < 1.29 is 13.2 Å². The van der Waals surface area contributed by atoms with Gasteiger partial charge in [-0.2, -0.15) is 4.72 Å². The smallest absolute Gasteiger partial charge is 0.242 e. The maximum absolute atomic E-state index is 12.9. The molecule has 0 unspecified atom stereocenters. The average molecular weight is 541 g/mol. The molecule has 5 nitrogen and oxygen atoms in total. The van der Waals surface area contributed by atoms with Crippen LogP contribution in [0.1, 0.15) is 5.56 Å². The minimum atomic E-state index is -3.88. The SMILES string of the molecule is O=C(Nc1cccc(Cl)c1)[C@H](Cc1ccccc1)NS(=O)(=O)c1ccc(I)cc1. The molecule has 0 aliphatic carbocycles. The zero-order chi connectivity index (χ0) is 20.9. The van der Waals surface area contributed by atoms with E-state index in [4.69, 9.17) is 11.6 Å². The summed E-state index contributed by atoms with van der Waals surface area (Å²) in [6.07, 6.45) is 0.205. The number of carbonyl (C=O) groups is 1. The Morgan fingerprint density at radius 2 is 1.66 bits per heavy atom. The lowest BCUT2D eigenvalue weighted by atomic mass is 10.1. The number of rotatable bonds is 7. The van der Waals surface area contributed by atoms with Crippen LogP contribution in [-0.2, 0) is 21.2 Å². The maximum atomic E-state index is 12.9. The number of benzene rings is 3. The quantitative estimate of drug-likeness (QED) is 0.434. The number of carbonyl (C=O) groups excluding carboxylic acids is 1. The van der Waals surface area contributed by atoms with Crippen LogP contribution in [0.2, 0.25) is 5.02 Å². The third-order valence-corrected chi connectivity index (χ3v) is 6.55. The van der Waals surface area contributed by atoms with Gasteiger partial charge in [0.25, 0.3) is 0 Å². The number of hydrogen-bond donors (Lipinski definition) is 2. The van der Waals surface area contributed by atoms with Crippen molar-refractivity contribution >= 4 is 55.8 Å². The van der Waals surface area contributed by atoms with Crippen molar-refractivity contribution in [3.05, 3.63) is 93.0 Å². The van der Waals surface area contributed by atoms with Crippen LogP contribution in [0.15, 0.2) is 83.8 Å². The molecule has 0 aromatic heterocycles. The van der Waals surface area contributed by atoms with Crippen LogP contribution in [0.4, 0.5) is 5.69 Å². The third-order valence-electron chi connectivity index (χ3n) is 4.11. The second-order valence-electron chi connectivity index (χ2n) is 6.32. The lowest BCUT2D eigenvalue weighted by Crippen LogP contribution is -2.45. The van der Waals surface area contributed by atoms with Crippen LogP contribution < -0.4 is 10.0 Å². The molecule has 3 aromatic rings. The van der Waals surface area contributed by atoms with Crippen LogP contribution in [0.5, 0.6) is 0 Å². The number of anilines is 1. The summed E-state index contributed by atoms with van der Waals surface area (Å²) in [5, 5.41) is 3.21. The van der Waals surface area contributed by atoms with Gasteiger partial charge < -0.3 is 5.32 Å². The highest BCUT2D eigenvalue weighted by Crippen LogP contribution is 2.17. The van der Waals surface area contributed by atoms with Gasteiger partial charge in [-0.25, -0.2) is 8.42 Å². The summed E-state index contributed by atoms with van der Waals surface area (Å²) in [7, 11) is -3.88. The van der Waals surface area contributed by atoms with E-state index >= 15 is 0 Å². The monoisotopic (exact) mass is 540 g/mol. The van der Waals surface area contributed by atoms with Crippen LogP contribution in [-0.4, -0.2) is 20.4 Å². The van der Waals surface area contributed by atoms with Crippen molar-refractivity contribution in [3.63, 3.8) is 0 Å². The summed E-state index contributed by atoms with van der Waals surface area (Å²) in [5.74, 6) is -0.467. The molecule has 29 heavy (non-hydrogen) atoms. The largest absolute Gasteiger partial charge is 0.325 e. The van der Waals surface area contributed by atoms with Crippen LogP contribution >= 0.6 is 34.2 Å². The Morgan fingerprint density at radius 3 is 2.31 bits per heavy atom. The zero-order valence-electron chi connectivity index (χ0n) is 15.2. The number of hydrogen-bond acceptors (Lipinski definition) is 3. The molecular formula is C21H18ClIN2O3S. The van der Waals surface area contributed by atoms with E-state index in [-0.39, 0.29) is 11.3 Å². The predicted molar refractivity (Wildman–Crippen MR) is 123 cm³/mol. The highest BCUT2D eigenvalue weighted by Gasteiger charge is 2.26. The number of halogens is 2. The molecule has 0 saturated carbocycles. The van der Waals surface area contributed by atoms with Crippen molar-refractivity contribution in [3.8, 4) is 0 Å². The highest BCUT2D eigenvalue weighted by atomic mass is 127. The van der Waals surface area contributed by atoms with Crippen LogP contribution in [0, 0.1) is 3.57 Å². The summed E-state index contributed by atoms with van der Waals surface area (Å²) >= 11 is 8.07. The summed E-state index contributed by atoms with van der Waals surface area (Å²) in [6, 6.07) is 21.4. The number of sulfonamides is 1. The third kappa shape index (κ3) is 6.27. The lowest BCUT2D eigenvalue weighted by molar-refractivity contribution is -0.117. The fraction of sp³-hybridized carbons (Fsp3) is 0.0952. The van der Waals surface area contributed by atoms with Crippen molar-refractivity contribution in [2.24, 2.45) is 0 Å². The first kappa shape index (κ1) is 21.8. The first-order valence-electron chi connectivity index (χ1n) is 8.72. The standard InChI is InChI=1S/C21H18ClIN2O3S/c22-16-7-4-8-18(14-16)24-21(26)20(13-15-5-2-1-3-6-15)25-29(27,28)19-11-9-17(23)10-12-19/h1-12,14,20,25H,13H2,(H,24,26)/t20-/m0/s1. The molecule has 150 valence electrons. The van der Waals surface area contributed by atoms with E-state index in [9.17, 15) is 13.2 Å². The second-order valence-corrected chi connectivity index (χ2v) is 9.71. The van der Waals surface area contributed by atoms with Gasteiger partial charge in [0.1, 0.15) is 6.04 Å². The minimum Gasteiger partial charge on any atom is -0.325 e. The molecule has 0 radical (unpaired) electrons. The molecule has 0 aliphatic heterocycles. The van der Waals surface area contributed by atoms with Gasteiger partial charge >= 0.3 is 0 Å². The molecule has 0 bridgehead atoms. The molecule has 3 aromatic carbocycles. The summed E-state index contributed by atoms with van der Waals surface area (Å²) in [4.78, 5) is 13.0.